The summed E-state index contributed by atoms with van der Waals surface area (Å²) in [6, 6.07) is 5.03. The van der Waals surface area contributed by atoms with Gasteiger partial charge in [-0.3, -0.25) is 0 Å². The molecule has 1 heteroatoms. The highest BCUT2D eigenvalue weighted by atomic mass is 19.1. The molecule has 1 aliphatic carbocycles. The van der Waals surface area contributed by atoms with Crippen LogP contribution in [0.5, 0.6) is 0 Å². The molecule has 0 spiro atoms. The second kappa shape index (κ2) is 4.33. The molecule has 0 unspecified atom stereocenters. The molecule has 88 valence electrons. The van der Waals surface area contributed by atoms with Crippen LogP contribution in [-0.2, 0) is 6.42 Å². The quantitative estimate of drug-likeness (QED) is 0.645. The third-order valence-electron chi connectivity index (χ3n) is 3.45. The first-order valence-electron chi connectivity index (χ1n) is 5.84. The lowest BCUT2D eigenvalue weighted by molar-refractivity contribution is 0.624. The number of allylic oxidation sites excluding steroid dienone is 4. The predicted molar refractivity (Wildman–Crippen MR) is 71.3 cm³/mol. The molecule has 0 saturated heterocycles. The first kappa shape index (κ1) is 11.8. The van der Waals surface area contributed by atoms with Gasteiger partial charge in [-0.2, -0.15) is 0 Å². The van der Waals surface area contributed by atoms with Crippen molar-refractivity contribution in [2.24, 2.45) is 0 Å². The number of aryl methyl sites for hydroxylation is 1. The molecule has 0 amide bonds. The third kappa shape index (κ3) is 2.10. The average molecular weight is 228 g/mol. The van der Waals surface area contributed by atoms with E-state index in [4.69, 9.17) is 0 Å². The van der Waals surface area contributed by atoms with Crippen LogP contribution in [0.1, 0.15) is 31.4 Å². The third-order valence-corrected chi connectivity index (χ3v) is 3.45. The first-order chi connectivity index (χ1) is 8.00. The fourth-order valence-corrected chi connectivity index (χ4v) is 2.38. The Labute approximate surface area is 102 Å². The first-order valence-corrected chi connectivity index (χ1v) is 5.84. The van der Waals surface area contributed by atoms with Crippen LogP contribution in [0.3, 0.4) is 0 Å². The van der Waals surface area contributed by atoms with E-state index in [0.717, 1.165) is 35.1 Å². The Morgan fingerprint density at radius 3 is 2.59 bits per heavy atom. The van der Waals surface area contributed by atoms with Gasteiger partial charge in [-0.15, -0.1) is 0 Å². The Morgan fingerprint density at radius 2 is 1.94 bits per heavy atom. The van der Waals surface area contributed by atoms with Crippen molar-refractivity contribution in [3.63, 3.8) is 0 Å². The fraction of sp³-hybridized carbons (Fsp3) is 0.250. The molecule has 0 atom stereocenters. The van der Waals surface area contributed by atoms with Gasteiger partial charge in [0.2, 0.25) is 0 Å². The Hall–Kier alpha value is -1.63. The molecule has 1 aromatic carbocycles. The molecule has 0 radical (unpaired) electrons. The van der Waals surface area contributed by atoms with Crippen molar-refractivity contribution in [1.82, 2.24) is 0 Å². The molecule has 1 aliphatic rings. The number of hydrogen-bond donors (Lipinski definition) is 0. The lowest BCUT2D eigenvalue weighted by Crippen LogP contribution is -2.06. The number of halogens is 1. The highest BCUT2D eigenvalue weighted by molar-refractivity contribution is 5.76. The maximum atomic E-state index is 13.2. The molecule has 17 heavy (non-hydrogen) atoms. The summed E-state index contributed by atoms with van der Waals surface area (Å²) < 4.78 is 13.2. The van der Waals surface area contributed by atoms with E-state index in [9.17, 15) is 4.39 Å². The van der Waals surface area contributed by atoms with E-state index in [2.05, 4.69) is 20.1 Å². The minimum atomic E-state index is -0.154. The largest absolute Gasteiger partial charge is 0.207 e. The lowest BCUT2D eigenvalue weighted by atomic mass is 9.82. The molecule has 0 aliphatic heterocycles. The Kier molecular flexibility index (Phi) is 3.01. The molecule has 0 N–H and O–H groups in total. The van der Waals surface area contributed by atoms with Crippen LogP contribution in [0.25, 0.3) is 5.57 Å². The van der Waals surface area contributed by atoms with Crippen molar-refractivity contribution in [1.29, 1.82) is 0 Å². The smallest absolute Gasteiger partial charge is 0.123 e. The summed E-state index contributed by atoms with van der Waals surface area (Å²) in [5, 5.41) is 0. The summed E-state index contributed by atoms with van der Waals surface area (Å²) in [7, 11) is 0. The van der Waals surface area contributed by atoms with Gasteiger partial charge in [0.25, 0.3) is 0 Å². The SMILES string of the molecule is C=C(C)C(=C)C1=C(C)c2ccc(F)cc2CC1. The van der Waals surface area contributed by atoms with Crippen LogP contribution in [0.2, 0.25) is 0 Å². The van der Waals surface area contributed by atoms with E-state index in [1.165, 1.54) is 17.2 Å². The zero-order chi connectivity index (χ0) is 12.6. The van der Waals surface area contributed by atoms with Gasteiger partial charge in [0.1, 0.15) is 5.82 Å². The van der Waals surface area contributed by atoms with Crippen molar-refractivity contribution in [3.05, 3.63) is 65.0 Å². The van der Waals surface area contributed by atoms with Crippen LogP contribution in [0.15, 0.2) is 48.1 Å². The molecule has 0 nitrogen and oxygen atoms in total. The molecule has 0 saturated carbocycles. The summed E-state index contributed by atoms with van der Waals surface area (Å²) in [5.41, 5.74) is 6.74. The van der Waals surface area contributed by atoms with Crippen LogP contribution in [0.4, 0.5) is 4.39 Å². The normalized spacial score (nSPS) is 14.5. The molecule has 0 bridgehead atoms. The molecule has 0 aromatic heterocycles. The zero-order valence-corrected chi connectivity index (χ0v) is 10.4. The molecular weight excluding hydrogens is 211 g/mol. The van der Waals surface area contributed by atoms with Crippen molar-refractivity contribution >= 4 is 5.57 Å². The van der Waals surface area contributed by atoms with Gasteiger partial charge < -0.3 is 0 Å². The lowest BCUT2D eigenvalue weighted by Gasteiger charge is -2.23. The van der Waals surface area contributed by atoms with E-state index >= 15 is 0 Å². The maximum absolute atomic E-state index is 13.2. The molecule has 1 aromatic rings. The highest BCUT2D eigenvalue weighted by Gasteiger charge is 2.18. The van der Waals surface area contributed by atoms with E-state index in [-0.39, 0.29) is 5.82 Å². The molecule has 0 fully saturated rings. The van der Waals surface area contributed by atoms with Gasteiger partial charge in [0, 0.05) is 0 Å². The predicted octanol–water partition coefficient (Wildman–Crippen LogP) is 4.68. The van der Waals surface area contributed by atoms with Gasteiger partial charge in [-0.1, -0.05) is 24.8 Å². The Morgan fingerprint density at radius 1 is 1.24 bits per heavy atom. The summed E-state index contributed by atoms with van der Waals surface area (Å²) in [5.74, 6) is -0.154. The monoisotopic (exact) mass is 228 g/mol. The molecular formula is C16H17F. The number of benzene rings is 1. The summed E-state index contributed by atoms with van der Waals surface area (Å²) in [4.78, 5) is 0. The summed E-state index contributed by atoms with van der Waals surface area (Å²) in [6.07, 6.45) is 1.81. The Bertz CT molecular complexity index is 532. The van der Waals surface area contributed by atoms with Gasteiger partial charge in [0.05, 0.1) is 0 Å². The second-order valence-corrected chi connectivity index (χ2v) is 4.66. The second-order valence-electron chi connectivity index (χ2n) is 4.66. The fourth-order valence-electron chi connectivity index (χ4n) is 2.38. The van der Waals surface area contributed by atoms with Crippen LogP contribution in [0, 0.1) is 5.82 Å². The molecule has 2 rings (SSSR count). The van der Waals surface area contributed by atoms with E-state index in [0.29, 0.717) is 0 Å². The van der Waals surface area contributed by atoms with E-state index in [1.54, 1.807) is 6.07 Å². The minimum Gasteiger partial charge on any atom is -0.207 e. The van der Waals surface area contributed by atoms with Gasteiger partial charge in [-0.05, 0) is 66.7 Å². The van der Waals surface area contributed by atoms with Crippen LogP contribution < -0.4 is 0 Å². The number of hydrogen-bond acceptors (Lipinski definition) is 0. The zero-order valence-electron chi connectivity index (χ0n) is 10.4. The topological polar surface area (TPSA) is 0 Å². The van der Waals surface area contributed by atoms with E-state index < -0.39 is 0 Å². The molecule has 0 heterocycles. The highest BCUT2D eigenvalue weighted by Crippen LogP contribution is 2.36. The summed E-state index contributed by atoms with van der Waals surface area (Å²) >= 11 is 0. The van der Waals surface area contributed by atoms with Crippen molar-refractivity contribution in [2.45, 2.75) is 26.7 Å². The maximum Gasteiger partial charge on any atom is 0.123 e. The minimum absolute atomic E-state index is 0.154. The van der Waals surface area contributed by atoms with Crippen LogP contribution in [-0.4, -0.2) is 0 Å². The number of fused-ring (bicyclic) bond motifs is 1. The van der Waals surface area contributed by atoms with Gasteiger partial charge in [-0.25, -0.2) is 4.39 Å². The van der Waals surface area contributed by atoms with Crippen molar-refractivity contribution in [2.75, 3.05) is 0 Å². The average Bonchev–Trinajstić information content (AvgIpc) is 2.28. The van der Waals surface area contributed by atoms with E-state index in [1.807, 2.05) is 13.0 Å². The van der Waals surface area contributed by atoms with Gasteiger partial charge >= 0.3 is 0 Å². The van der Waals surface area contributed by atoms with Crippen molar-refractivity contribution < 1.29 is 4.39 Å². The summed E-state index contributed by atoms with van der Waals surface area (Å²) in [6.45, 7) is 12.1. The van der Waals surface area contributed by atoms with Crippen molar-refractivity contribution in [3.8, 4) is 0 Å². The van der Waals surface area contributed by atoms with Gasteiger partial charge in [0.15, 0.2) is 0 Å². The standard InChI is InChI=1S/C16H17F/c1-10(2)11(3)15-7-5-13-9-14(17)6-8-16(13)12(15)4/h6,8-9H,1,3,5,7H2,2,4H3. The number of rotatable bonds is 2. The van der Waals surface area contributed by atoms with Crippen LogP contribution >= 0.6 is 0 Å². The Balaban J connectivity index is 2.52.